The van der Waals surface area contributed by atoms with Crippen LogP contribution in [0.5, 0.6) is 0 Å². The first-order valence-electron chi connectivity index (χ1n) is 8.23. The van der Waals surface area contributed by atoms with Crippen LogP contribution in [-0.4, -0.2) is 11.4 Å². The summed E-state index contributed by atoms with van der Waals surface area (Å²) in [7, 11) is 0. The van der Waals surface area contributed by atoms with Crippen LogP contribution in [0.15, 0.2) is 66.9 Å². The third kappa shape index (κ3) is 4.61. The Labute approximate surface area is 164 Å². The summed E-state index contributed by atoms with van der Waals surface area (Å²) < 4.78 is 39.0. The monoisotopic (exact) mass is 405 g/mol. The highest BCUT2D eigenvalue weighted by Gasteiger charge is 2.31. The quantitative estimate of drug-likeness (QED) is 0.538. The number of nitrogens with zero attached hydrogens (tertiary/aromatic N) is 2. The van der Waals surface area contributed by atoms with E-state index >= 15 is 0 Å². The number of hydrogen-bond donors (Lipinski definition) is 1. The van der Waals surface area contributed by atoms with Gasteiger partial charge in [0.2, 0.25) is 6.41 Å². The molecule has 2 aromatic carbocycles. The maximum atomic E-state index is 13.0. The average molecular weight is 406 g/mol. The van der Waals surface area contributed by atoms with Gasteiger partial charge in [0, 0.05) is 23.5 Å². The number of alkyl halides is 3. The third-order valence-corrected chi connectivity index (χ3v) is 4.19. The largest absolute Gasteiger partial charge is 0.416 e. The zero-order valence-corrected chi connectivity index (χ0v) is 15.2. The van der Waals surface area contributed by atoms with Crippen LogP contribution in [0.1, 0.15) is 11.1 Å². The van der Waals surface area contributed by atoms with Crippen molar-refractivity contribution >= 4 is 35.2 Å². The summed E-state index contributed by atoms with van der Waals surface area (Å²) in [4.78, 5) is 17.0. The van der Waals surface area contributed by atoms with Gasteiger partial charge in [0.1, 0.15) is 0 Å². The van der Waals surface area contributed by atoms with Gasteiger partial charge in [-0.2, -0.15) is 13.2 Å². The number of pyridine rings is 1. The van der Waals surface area contributed by atoms with E-state index in [0.29, 0.717) is 29.5 Å². The van der Waals surface area contributed by atoms with Crippen molar-refractivity contribution in [2.24, 2.45) is 0 Å². The molecule has 28 heavy (non-hydrogen) atoms. The van der Waals surface area contributed by atoms with Gasteiger partial charge in [-0.25, -0.2) is 4.98 Å². The number of nitrogens with one attached hydrogen (secondary N) is 1. The summed E-state index contributed by atoms with van der Waals surface area (Å²) in [6.45, 7) is 0.375. The van der Waals surface area contributed by atoms with Crippen LogP contribution in [0.25, 0.3) is 0 Å². The molecule has 0 saturated carbocycles. The fourth-order valence-electron chi connectivity index (χ4n) is 2.65. The zero-order valence-electron chi connectivity index (χ0n) is 14.4. The third-order valence-electron chi connectivity index (χ3n) is 3.95. The molecular weight excluding hydrogens is 391 g/mol. The number of carbonyl (C=O) groups excluding carboxylic acids is 1. The molecule has 0 radical (unpaired) electrons. The molecule has 3 aromatic rings. The molecule has 0 aliphatic heterocycles. The van der Waals surface area contributed by atoms with Gasteiger partial charge in [0.25, 0.3) is 0 Å². The highest BCUT2D eigenvalue weighted by molar-refractivity contribution is 6.30. The minimum Gasteiger partial charge on any atom is -0.364 e. The second-order valence-corrected chi connectivity index (χ2v) is 6.31. The van der Waals surface area contributed by atoms with E-state index in [9.17, 15) is 18.0 Å². The van der Waals surface area contributed by atoms with Crippen LogP contribution in [0.4, 0.5) is 30.4 Å². The number of benzene rings is 2. The molecule has 1 heterocycles. The molecule has 0 aliphatic rings. The Kier molecular flexibility index (Phi) is 5.84. The molecule has 4 nitrogen and oxygen atoms in total. The van der Waals surface area contributed by atoms with Crippen molar-refractivity contribution < 1.29 is 18.0 Å². The fraction of sp³-hybridized carbons (Fsp3) is 0.100. The van der Waals surface area contributed by atoms with Crippen LogP contribution in [0, 0.1) is 0 Å². The van der Waals surface area contributed by atoms with Gasteiger partial charge >= 0.3 is 6.18 Å². The maximum absolute atomic E-state index is 13.0. The second-order valence-electron chi connectivity index (χ2n) is 5.88. The lowest BCUT2D eigenvalue weighted by molar-refractivity contribution is -0.137. The lowest BCUT2D eigenvalue weighted by Crippen LogP contribution is -2.18. The fourth-order valence-corrected chi connectivity index (χ4v) is 2.86. The van der Waals surface area contributed by atoms with E-state index in [4.69, 9.17) is 11.6 Å². The molecule has 0 unspecified atom stereocenters. The Bertz CT molecular complexity index is 979. The van der Waals surface area contributed by atoms with Crippen molar-refractivity contribution in [3.8, 4) is 0 Å². The number of aromatic nitrogens is 1. The van der Waals surface area contributed by atoms with E-state index in [-0.39, 0.29) is 5.69 Å². The Morgan fingerprint density at radius 3 is 2.57 bits per heavy atom. The van der Waals surface area contributed by atoms with E-state index in [1.165, 1.54) is 18.3 Å². The Morgan fingerprint density at radius 2 is 1.86 bits per heavy atom. The van der Waals surface area contributed by atoms with E-state index < -0.39 is 11.7 Å². The van der Waals surface area contributed by atoms with Gasteiger partial charge in [0.15, 0.2) is 5.82 Å². The zero-order chi connectivity index (χ0) is 20.1. The first-order valence-corrected chi connectivity index (χ1v) is 8.61. The van der Waals surface area contributed by atoms with Crippen molar-refractivity contribution in [3.63, 3.8) is 0 Å². The van der Waals surface area contributed by atoms with Crippen molar-refractivity contribution in [1.29, 1.82) is 0 Å². The molecule has 3 rings (SSSR count). The molecule has 8 heteroatoms. The predicted octanol–water partition coefficient (Wildman–Crippen LogP) is 5.66. The second kappa shape index (κ2) is 8.31. The SMILES string of the molecule is O=CN(c1cccc(C(F)(F)F)c1)c1cccnc1NCc1cccc(Cl)c1. The van der Waals surface area contributed by atoms with Crippen LogP contribution in [-0.2, 0) is 17.5 Å². The highest BCUT2D eigenvalue weighted by atomic mass is 35.5. The van der Waals surface area contributed by atoms with E-state index in [1.807, 2.05) is 6.07 Å². The standard InChI is InChI=1S/C20H15ClF3N3O/c21-16-6-1-4-14(10-16)12-26-19-18(8-3-9-25-19)27(13-28)17-7-2-5-15(11-17)20(22,23)24/h1-11,13H,12H2,(H,25,26). The molecule has 1 N–H and O–H groups in total. The minimum absolute atomic E-state index is 0.0867. The van der Waals surface area contributed by atoms with Gasteiger partial charge in [0.05, 0.1) is 11.3 Å². The molecule has 0 spiro atoms. The Morgan fingerprint density at radius 1 is 1.07 bits per heavy atom. The van der Waals surface area contributed by atoms with Crippen LogP contribution in [0.3, 0.4) is 0 Å². The van der Waals surface area contributed by atoms with Gasteiger partial charge < -0.3 is 5.32 Å². The number of hydrogen-bond acceptors (Lipinski definition) is 3. The number of carbonyl (C=O) groups is 1. The predicted molar refractivity (Wildman–Crippen MR) is 103 cm³/mol. The summed E-state index contributed by atoms with van der Waals surface area (Å²) in [5, 5.41) is 3.68. The average Bonchev–Trinajstić information content (AvgIpc) is 2.67. The van der Waals surface area contributed by atoms with E-state index in [2.05, 4.69) is 10.3 Å². The lowest BCUT2D eigenvalue weighted by atomic mass is 10.1. The van der Waals surface area contributed by atoms with Crippen LogP contribution < -0.4 is 10.2 Å². The molecule has 0 atom stereocenters. The topological polar surface area (TPSA) is 45.2 Å². The number of anilines is 3. The van der Waals surface area contributed by atoms with Crippen molar-refractivity contribution in [2.45, 2.75) is 12.7 Å². The summed E-state index contributed by atoms with van der Waals surface area (Å²) in [5.74, 6) is 0.354. The van der Waals surface area contributed by atoms with E-state index in [0.717, 1.165) is 22.6 Å². The van der Waals surface area contributed by atoms with Gasteiger partial charge in [-0.15, -0.1) is 0 Å². The lowest BCUT2D eigenvalue weighted by Gasteiger charge is -2.21. The molecule has 0 saturated heterocycles. The summed E-state index contributed by atoms with van der Waals surface area (Å²) >= 11 is 5.97. The number of halogens is 4. The van der Waals surface area contributed by atoms with Crippen molar-refractivity contribution in [1.82, 2.24) is 4.98 Å². The molecule has 0 bridgehead atoms. The molecular formula is C20H15ClF3N3O. The van der Waals surface area contributed by atoms with Crippen LogP contribution >= 0.6 is 11.6 Å². The van der Waals surface area contributed by atoms with Crippen molar-refractivity contribution in [2.75, 3.05) is 10.2 Å². The highest BCUT2D eigenvalue weighted by Crippen LogP contribution is 2.35. The van der Waals surface area contributed by atoms with Gasteiger partial charge in [-0.05, 0) is 48.0 Å². The maximum Gasteiger partial charge on any atom is 0.416 e. The molecule has 0 fully saturated rings. The first kappa shape index (κ1) is 19.7. The first-order chi connectivity index (χ1) is 13.4. The molecule has 1 aromatic heterocycles. The number of amides is 1. The van der Waals surface area contributed by atoms with E-state index in [1.54, 1.807) is 30.3 Å². The smallest absolute Gasteiger partial charge is 0.364 e. The molecule has 1 amide bonds. The Hall–Kier alpha value is -3.06. The molecule has 144 valence electrons. The number of rotatable bonds is 6. The summed E-state index contributed by atoms with van der Waals surface area (Å²) in [6, 6.07) is 15.0. The Balaban J connectivity index is 1.91. The molecule has 0 aliphatic carbocycles. The van der Waals surface area contributed by atoms with Gasteiger partial charge in [-0.3, -0.25) is 9.69 Å². The normalized spacial score (nSPS) is 11.1. The summed E-state index contributed by atoms with van der Waals surface area (Å²) in [6.07, 6.45) is -2.52. The van der Waals surface area contributed by atoms with Crippen LogP contribution in [0.2, 0.25) is 5.02 Å². The van der Waals surface area contributed by atoms with Crippen molar-refractivity contribution in [3.05, 3.63) is 83.0 Å². The summed E-state index contributed by atoms with van der Waals surface area (Å²) in [5.41, 5.74) is 0.470. The van der Waals surface area contributed by atoms with Gasteiger partial charge in [-0.1, -0.05) is 29.8 Å². The minimum atomic E-state index is -4.51.